The highest BCUT2D eigenvalue weighted by Gasteiger charge is 2.28. The van der Waals surface area contributed by atoms with Crippen LogP contribution in [0, 0.1) is 5.41 Å². The highest BCUT2D eigenvalue weighted by Crippen LogP contribution is 2.25. The lowest BCUT2D eigenvalue weighted by atomic mass is 9.87. The Kier molecular flexibility index (Phi) is 5.61. The molecule has 0 saturated carbocycles. The molecule has 0 heterocycles. The van der Waals surface area contributed by atoms with Crippen molar-refractivity contribution < 1.29 is 4.79 Å². The summed E-state index contributed by atoms with van der Waals surface area (Å²) in [5.41, 5.74) is 1.74. The molecule has 112 valence electrons. The van der Waals surface area contributed by atoms with E-state index in [0.717, 1.165) is 24.2 Å². The average Bonchev–Trinajstić information content (AvgIpc) is 2.42. The van der Waals surface area contributed by atoms with Gasteiger partial charge in [-0.05, 0) is 30.9 Å². The molecular weight excluding hydrogens is 248 g/mol. The summed E-state index contributed by atoms with van der Waals surface area (Å²) in [7, 11) is 1.88. The van der Waals surface area contributed by atoms with Gasteiger partial charge in [-0.2, -0.15) is 0 Å². The molecule has 20 heavy (non-hydrogen) atoms. The molecule has 1 aromatic rings. The maximum absolute atomic E-state index is 12.7. The molecule has 0 saturated heterocycles. The summed E-state index contributed by atoms with van der Waals surface area (Å²) in [5, 5.41) is 3.33. The molecule has 0 spiro atoms. The molecule has 1 atom stereocenters. The summed E-state index contributed by atoms with van der Waals surface area (Å²) in [6, 6.07) is 7.92. The third-order valence-electron chi connectivity index (χ3n) is 3.88. The normalized spacial score (nSPS) is 12.9. The van der Waals surface area contributed by atoms with E-state index in [4.69, 9.17) is 0 Å². The summed E-state index contributed by atoms with van der Waals surface area (Å²) in [5.74, 6) is 0.0756. The van der Waals surface area contributed by atoms with E-state index < -0.39 is 0 Å². The number of carbonyl (C=O) groups is 1. The molecule has 0 fully saturated rings. The summed E-state index contributed by atoms with van der Waals surface area (Å²) < 4.78 is 0. The standard InChI is InChI=1S/C17H28N2O/c1-7-12-18-15-11-9-8-10-14(15)16(20)19(6)13(2)17(3,4)5/h8-11,13,18H,7,12H2,1-6H3. The van der Waals surface area contributed by atoms with E-state index in [1.54, 1.807) is 0 Å². The van der Waals surface area contributed by atoms with E-state index in [0.29, 0.717) is 0 Å². The van der Waals surface area contributed by atoms with Crippen molar-refractivity contribution in [3.63, 3.8) is 0 Å². The predicted molar refractivity (Wildman–Crippen MR) is 86.2 cm³/mol. The van der Waals surface area contributed by atoms with Gasteiger partial charge < -0.3 is 10.2 Å². The summed E-state index contributed by atoms with van der Waals surface area (Å²) in [4.78, 5) is 14.5. The molecule has 3 nitrogen and oxygen atoms in total. The second-order valence-electron chi connectivity index (χ2n) is 6.43. The minimum Gasteiger partial charge on any atom is -0.384 e. The zero-order valence-electron chi connectivity index (χ0n) is 13.7. The summed E-state index contributed by atoms with van der Waals surface area (Å²) in [6.07, 6.45) is 1.04. The minimum atomic E-state index is 0.0657. The number of amides is 1. The highest BCUT2D eigenvalue weighted by molar-refractivity contribution is 5.99. The molecule has 1 amide bonds. The van der Waals surface area contributed by atoms with Gasteiger partial charge in [0.1, 0.15) is 0 Å². The highest BCUT2D eigenvalue weighted by atomic mass is 16.2. The zero-order chi connectivity index (χ0) is 15.3. The fraction of sp³-hybridized carbons (Fsp3) is 0.588. The molecular formula is C17H28N2O. The molecule has 0 aromatic heterocycles. The smallest absolute Gasteiger partial charge is 0.255 e. The molecule has 1 rings (SSSR count). The van der Waals surface area contributed by atoms with Crippen LogP contribution in [0.1, 0.15) is 51.4 Å². The van der Waals surface area contributed by atoms with Crippen LogP contribution >= 0.6 is 0 Å². The number of benzene rings is 1. The van der Waals surface area contributed by atoms with Crippen LogP contribution in [0.5, 0.6) is 0 Å². The molecule has 0 aliphatic carbocycles. The van der Waals surface area contributed by atoms with Gasteiger partial charge in [0.2, 0.25) is 0 Å². The SMILES string of the molecule is CCCNc1ccccc1C(=O)N(C)C(C)C(C)(C)C. The van der Waals surface area contributed by atoms with Crippen molar-refractivity contribution in [2.24, 2.45) is 5.41 Å². The average molecular weight is 276 g/mol. The van der Waals surface area contributed by atoms with E-state index >= 15 is 0 Å². The number of nitrogens with zero attached hydrogens (tertiary/aromatic N) is 1. The first-order valence-corrected chi connectivity index (χ1v) is 7.39. The summed E-state index contributed by atoms with van der Waals surface area (Å²) >= 11 is 0. The Morgan fingerprint density at radius 2 is 1.90 bits per heavy atom. The Morgan fingerprint density at radius 3 is 2.45 bits per heavy atom. The van der Waals surface area contributed by atoms with Gasteiger partial charge in [0, 0.05) is 25.3 Å². The molecule has 0 radical (unpaired) electrons. The number of hydrogen-bond donors (Lipinski definition) is 1. The fourth-order valence-electron chi connectivity index (χ4n) is 2.03. The van der Waals surface area contributed by atoms with Gasteiger partial charge in [-0.3, -0.25) is 4.79 Å². The second-order valence-corrected chi connectivity index (χ2v) is 6.43. The number of carbonyl (C=O) groups excluding carboxylic acids is 1. The van der Waals surface area contributed by atoms with E-state index in [-0.39, 0.29) is 17.4 Å². The van der Waals surface area contributed by atoms with Crippen molar-refractivity contribution in [2.45, 2.75) is 47.1 Å². The van der Waals surface area contributed by atoms with Crippen molar-refractivity contribution in [3.05, 3.63) is 29.8 Å². The number of anilines is 1. The van der Waals surface area contributed by atoms with Crippen molar-refractivity contribution in [3.8, 4) is 0 Å². The quantitative estimate of drug-likeness (QED) is 0.881. The lowest BCUT2D eigenvalue weighted by Crippen LogP contribution is -2.43. The van der Waals surface area contributed by atoms with Crippen LogP contribution in [0.25, 0.3) is 0 Å². The van der Waals surface area contributed by atoms with Crippen molar-refractivity contribution in [1.82, 2.24) is 4.90 Å². The number of rotatable bonds is 5. The van der Waals surface area contributed by atoms with Gasteiger partial charge in [0.05, 0.1) is 5.56 Å². The molecule has 0 aliphatic rings. The monoisotopic (exact) mass is 276 g/mol. The molecule has 0 bridgehead atoms. The molecule has 0 aliphatic heterocycles. The van der Waals surface area contributed by atoms with E-state index in [9.17, 15) is 4.79 Å². The number of nitrogens with one attached hydrogen (secondary N) is 1. The molecule has 1 N–H and O–H groups in total. The van der Waals surface area contributed by atoms with Gasteiger partial charge in [-0.1, -0.05) is 39.8 Å². The Morgan fingerprint density at radius 1 is 1.30 bits per heavy atom. The predicted octanol–water partition coefficient (Wildman–Crippen LogP) is 4.02. The van der Waals surface area contributed by atoms with Crippen molar-refractivity contribution >= 4 is 11.6 Å². The van der Waals surface area contributed by atoms with Crippen LogP contribution in [0.2, 0.25) is 0 Å². The summed E-state index contributed by atoms with van der Waals surface area (Å²) in [6.45, 7) is 11.6. The maximum Gasteiger partial charge on any atom is 0.255 e. The lowest BCUT2D eigenvalue weighted by molar-refractivity contribution is 0.0630. The van der Waals surface area contributed by atoms with Gasteiger partial charge >= 0.3 is 0 Å². The third kappa shape index (κ3) is 3.99. The first-order valence-electron chi connectivity index (χ1n) is 7.39. The zero-order valence-corrected chi connectivity index (χ0v) is 13.7. The third-order valence-corrected chi connectivity index (χ3v) is 3.88. The Balaban J connectivity index is 2.97. The van der Waals surface area contributed by atoms with Gasteiger partial charge in [-0.25, -0.2) is 0 Å². The van der Waals surface area contributed by atoms with Gasteiger partial charge in [0.25, 0.3) is 5.91 Å². The second kappa shape index (κ2) is 6.78. The Hall–Kier alpha value is -1.51. The van der Waals surface area contributed by atoms with Crippen LogP contribution in [0.15, 0.2) is 24.3 Å². The van der Waals surface area contributed by atoms with Crippen LogP contribution in [0.4, 0.5) is 5.69 Å². The number of para-hydroxylation sites is 1. The number of hydrogen-bond acceptors (Lipinski definition) is 2. The minimum absolute atomic E-state index is 0.0657. The first-order chi connectivity index (χ1) is 9.29. The molecule has 3 heteroatoms. The molecule has 1 aromatic carbocycles. The van der Waals surface area contributed by atoms with Crippen LogP contribution in [0.3, 0.4) is 0 Å². The topological polar surface area (TPSA) is 32.3 Å². The Bertz CT molecular complexity index is 449. The van der Waals surface area contributed by atoms with E-state index in [2.05, 4.69) is 39.9 Å². The first kappa shape index (κ1) is 16.5. The van der Waals surface area contributed by atoms with Crippen LogP contribution < -0.4 is 5.32 Å². The fourth-order valence-corrected chi connectivity index (χ4v) is 2.03. The van der Waals surface area contributed by atoms with E-state index in [1.807, 2.05) is 36.2 Å². The van der Waals surface area contributed by atoms with E-state index in [1.165, 1.54) is 0 Å². The van der Waals surface area contributed by atoms with Gasteiger partial charge in [0.15, 0.2) is 0 Å². The Labute approximate surface area is 123 Å². The van der Waals surface area contributed by atoms with Crippen LogP contribution in [-0.2, 0) is 0 Å². The van der Waals surface area contributed by atoms with Crippen molar-refractivity contribution in [2.75, 3.05) is 18.9 Å². The molecule has 1 unspecified atom stereocenters. The van der Waals surface area contributed by atoms with Crippen molar-refractivity contribution in [1.29, 1.82) is 0 Å². The van der Waals surface area contributed by atoms with Crippen LogP contribution in [-0.4, -0.2) is 30.4 Å². The largest absolute Gasteiger partial charge is 0.384 e. The maximum atomic E-state index is 12.7. The lowest BCUT2D eigenvalue weighted by Gasteiger charge is -2.35. The van der Waals surface area contributed by atoms with Gasteiger partial charge in [-0.15, -0.1) is 0 Å².